The molecule has 0 spiro atoms. The lowest BCUT2D eigenvalue weighted by molar-refractivity contribution is -0.139. The second-order valence-electron chi connectivity index (χ2n) is 8.95. The minimum Gasteiger partial charge on any atom is -0.462 e. The highest BCUT2D eigenvalue weighted by atomic mass is 16.5. The van der Waals surface area contributed by atoms with Gasteiger partial charge in [0.15, 0.2) is 0 Å². The Morgan fingerprint density at radius 3 is 1.57 bits per heavy atom. The Hall–Kier alpha value is -1.32. The summed E-state index contributed by atoms with van der Waals surface area (Å²) in [7, 11) is 0. The van der Waals surface area contributed by atoms with Crippen molar-refractivity contribution in [2.24, 2.45) is 5.92 Å². The van der Waals surface area contributed by atoms with Crippen molar-refractivity contribution in [2.45, 2.75) is 124 Å². The molecular weight excluding hydrogens is 374 g/mol. The van der Waals surface area contributed by atoms with Gasteiger partial charge in [-0.15, -0.1) is 0 Å². The topological polar surface area (TPSA) is 55.4 Å². The summed E-state index contributed by atoms with van der Waals surface area (Å²) < 4.78 is 4.99. The summed E-state index contributed by atoms with van der Waals surface area (Å²) in [6.45, 7) is 7.27. The van der Waals surface area contributed by atoms with Crippen molar-refractivity contribution < 1.29 is 14.3 Å². The Kier molecular flexibility index (Phi) is 21.4. The fourth-order valence-corrected chi connectivity index (χ4v) is 3.38. The lowest BCUT2D eigenvalue weighted by Crippen LogP contribution is -2.22. The monoisotopic (exact) mass is 423 g/mol. The number of nitrogens with one attached hydrogen (secondary N) is 1. The van der Waals surface area contributed by atoms with Gasteiger partial charge in [-0.3, -0.25) is 4.79 Å². The quantitative estimate of drug-likeness (QED) is 0.121. The van der Waals surface area contributed by atoms with E-state index in [4.69, 9.17) is 4.74 Å². The van der Waals surface area contributed by atoms with Gasteiger partial charge in [0.2, 0.25) is 5.91 Å². The van der Waals surface area contributed by atoms with Crippen LogP contribution in [0.15, 0.2) is 12.2 Å². The van der Waals surface area contributed by atoms with Crippen molar-refractivity contribution >= 4 is 11.9 Å². The van der Waals surface area contributed by atoms with E-state index in [0.717, 1.165) is 12.8 Å². The molecule has 0 unspecified atom stereocenters. The van der Waals surface area contributed by atoms with E-state index < -0.39 is 5.97 Å². The minimum absolute atomic E-state index is 0.225. The van der Waals surface area contributed by atoms with Crippen LogP contribution in [0.3, 0.4) is 0 Å². The molecule has 0 rings (SSSR count). The van der Waals surface area contributed by atoms with Crippen LogP contribution in [-0.2, 0) is 14.3 Å². The van der Waals surface area contributed by atoms with Crippen LogP contribution in [0.5, 0.6) is 0 Å². The van der Waals surface area contributed by atoms with E-state index in [9.17, 15) is 9.59 Å². The largest absolute Gasteiger partial charge is 0.462 e. The van der Waals surface area contributed by atoms with E-state index in [2.05, 4.69) is 12.2 Å². The predicted molar refractivity (Wildman–Crippen MR) is 127 cm³/mol. The highest BCUT2D eigenvalue weighted by Gasteiger charge is 2.01. The van der Waals surface area contributed by atoms with E-state index in [0.29, 0.717) is 19.1 Å². The third-order valence-electron chi connectivity index (χ3n) is 5.26. The molecule has 0 heterocycles. The second kappa shape index (κ2) is 22.4. The van der Waals surface area contributed by atoms with E-state index in [1.54, 1.807) is 0 Å². The van der Waals surface area contributed by atoms with E-state index in [1.807, 2.05) is 13.8 Å². The van der Waals surface area contributed by atoms with Gasteiger partial charge >= 0.3 is 5.97 Å². The van der Waals surface area contributed by atoms with Crippen molar-refractivity contribution in [1.29, 1.82) is 0 Å². The average Bonchev–Trinajstić information content (AvgIpc) is 2.72. The molecule has 0 fully saturated rings. The van der Waals surface area contributed by atoms with Gasteiger partial charge in [0.05, 0.1) is 6.61 Å². The molecule has 0 aromatic carbocycles. The molecule has 1 amide bonds. The number of hydrogen-bond donors (Lipinski definition) is 1. The molecule has 0 aromatic rings. The summed E-state index contributed by atoms with van der Waals surface area (Å²) in [5.74, 6) is -0.384. The number of amides is 1. The SMILES string of the molecule is CCCCCCCCCCCCCCCCCCNC(=O)/C=C\C(=O)OCC(C)C. The number of carbonyl (C=O) groups excluding carboxylic acids is 2. The Morgan fingerprint density at radius 1 is 0.700 bits per heavy atom. The molecule has 0 aromatic heterocycles. The van der Waals surface area contributed by atoms with Gasteiger partial charge in [-0.25, -0.2) is 4.79 Å². The number of carbonyl (C=O) groups is 2. The number of esters is 1. The predicted octanol–water partition coefficient (Wildman–Crippen LogP) is 7.12. The Labute approximate surface area is 186 Å². The summed E-state index contributed by atoms with van der Waals surface area (Å²) in [6, 6.07) is 0. The van der Waals surface area contributed by atoms with Gasteiger partial charge in [-0.1, -0.05) is 117 Å². The maximum atomic E-state index is 11.6. The molecule has 0 saturated heterocycles. The van der Waals surface area contributed by atoms with E-state index in [1.165, 1.54) is 102 Å². The zero-order valence-corrected chi connectivity index (χ0v) is 20.2. The van der Waals surface area contributed by atoms with Crippen molar-refractivity contribution in [2.75, 3.05) is 13.2 Å². The number of hydrogen-bond acceptors (Lipinski definition) is 3. The Morgan fingerprint density at radius 2 is 1.13 bits per heavy atom. The number of unbranched alkanes of at least 4 members (excludes halogenated alkanes) is 15. The van der Waals surface area contributed by atoms with Crippen molar-refractivity contribution in [3.05, 3.63) is 12.2 Å². The normalized spacial score (nSPS) is 11.3. The number of rotatable bonds is 21. The van der Waals surface area contributed by atoms with Gasteiger partial charge in [-0.05, 0) is 12.3 Å². The second-order valence-corrected chi connectivity index (χ2v) is 8.95. The smallest absolute Gasteiger partial charge is 0.330 e. The molecule has 0 saturated carbocycles. The third kappa shape index (κ3) is 23.0. The molecule has 0 bridgehead atoms. The van der Waals surface area contributed by atoms with Crippen LogP contribution in [-0.4, -0.2) is 25.0 Å². The van der Waals surface area contributed by atoms with Gasteiger partial charge < -0.3 is 10.1 Å². The zero-order chi connectivity index (χ0) is 22.3. The van der Waals surface area contributed by atoms with Crippen LogP contribution in [0.2, 0.25) is 0 Å². The molecule has 176 valence electrons. The molecule has 4 heteroatoms. The van der Waals surface area contributed by atoms with E-state index in [-0.39, 0.29) is 5.91 Å². The maximum absolute atomic E-state index is 11.6. The highest BCUT2D eigenvalue weighted by Crippen LogP contribution is 2.13. The fourth-order valence-electron chi connectivity index (χ4n) is 3.38. The lowest BCUT2D eigenvalue weighted by atomic mass is 10.0. The van der Waals surface area contributed by atoms with Crippen LogP contribution in [0.1, 0.15) is 124 Å². The summed E-state index contributed by atoms with van der Waals surface area (Å²) in [4.78, 5) is 23.0. The van der Waals surface area contributed by atoms with Gasteiger partial charge in [-0.2, -0.15) is 0 Å². The van der Waals surface area contributed by atoms with Crippen molar-refractivity contribution in [3.63, 3.8) is 0 Å². The first-order chi connectivity index (χ1) is 14.6. The van der Waals surface area contributed by atoms with Gasteiger partial charge in [0.25, 0.3) is 0 Å². The summed E-state index contributed by atoms with van der Waals surface area (Å²) >= 11 is 0. The molecule has 0 radical (unpaired) electrons. The summed E-state index contributed by atoms with van der Waals surface area (Å²) in [5.41, 5.74) is 0. The molecule has 4 nitrogen and oxygen atoms in total. The first kappa shape index (κ1) is 28.7. The number of ether oxygens (including phenoxy) is 1. The molecular formula is C26H49NO3. The van der Waals surface area contributed by atoms with Crippen LogP contribution >= 0.6 is 0 Å². The third-order valence-corrected chi connectivity index (χ3v) is 5.26. The van der Waals surface area contributed by atoms with Crippen LogP contribution < -0.4 is 5.32 Å². The maximum Gasteiger partial charge on any atom is 0.330 e. The molecule has 0 aliphatic rings. The van der Waals surface area contributed by atoms with Crippen molar-refractivity contribution in [3.8, 4) is 0 Å². The Bertz CT molecular complexity index is 432. The van der Waals surface area contributed by atoms with Crippen LogP contribution in [0, 0.1) is 5.92 Å². The fraction of sp³-hybridized carbons (Fsp3) is 0.846. The molecule has 1 N–H and O–H groups in total. The minimum atomic E-state index is -0.457. The average molecular weight is 424 g/mol. The Balaban J connectivity index is 3.29. The first-order valence-electron chi connectivity index (χ1n) is 12.7. The first-order valence-corrected chi connectivity index (χ1v) is 12.7. The van der Waals surface area contributed by atoms with Crippen molar-refractivity contribution in [1.82, 2.24) is 5.32 Å². The van der Waals surface area contributed by atoms with Gasteiger partial charge in [0.1, 0.15) is 0 Å². The van der Waals surface area contributed by atoms with Crippen LogP contribution in [0.25, 0.3) is 0 Å². The standard InChI is InChI=1S/C26H49NO3/c1-4-5-6-7-8-9-10-11-12-13-14-15-16-17-18-19-22-27-25(28)20-21-26(29)30-23-24(2)3/h20-21,24H,4-19,22-23H2,1-3H3,(H,27,28)/b21-20-. The lowest BCUT2D eigenvalue weighted by Gasteiger charge is -2.05. The van der Waals surface area contributed by atoms with E-state index >= 15 is 0 Å². The summed E-state index contributed by atoms with van der Waals surface area (Å²) in [5, 5.41) is 2.82. The zero-order valence-electron chi connectivity index (χ0n) is 20.2. The molecule has 0 atom stereocenters. The summed E-state index contributed by atoms with van der Waals surface area (Å²) in [6.07, 6.45) is 23.9. The molecule has 0 aliphatic heterocycles. The molecule has 30 heavy (non-hydrogen) atoms. The molecule has 0 aliphatic carbocycles. The highest BCUT2D eigenvalue weighted by molar-refractivity contribution is 5.94. The van der Waals surface area contributed by atoms with Gasteiger partial charge in [0, 0.05) is 18.7 Å². The van der Waals surface area contributed by atoms with Crippen LogP contribution in [0.4, 0.5) is 0 Å².